The maximum atomic E-state index is 5.88. The highest BCUT2D eigenvalue weighted by atomic mass is 35.5. The van der Waals surface area contributed by atoms with Crippen LogP contribution in [0.15, 0.2) is 35.5 Å². The van der Waals surface area contributed by atoms with Crippen LogP contribution in [0, 0.1) is 0 Å². The molecule has 5 nitrogen and oxygen atoms in total. The Labute approximate surface area is 112 Å². The van der Waals surface area contributed by atoms with Gasteiger partial charge in [-0.15, -0.1) is 0 Å². The van der Waals surface area contributed by atoms with Crippen molar-refractivity contribution in [3.8, 4) is 5.88 Å². The van der Waals surface area contributed by atoms with Gasteiger partial charge in [-0.1, -0.05) is 23.8 Å². The predicted molar refractivity (Wildman–Crippen MR) is 74.0 cm³/mol. The first-order chi connectivity index (χ1) is 8.59. The van der Waals surface area contributed by atoms with Gasteiger partial charge in [0.1, 0.15) is 11.6 Å². The molecule has 1 rings (SSSR count). The van der Waals surface area contributed by atoms with E-state index < -0.39 is 0 Å². The Morgan fingerprint density at radius 2 is 2.44 bits per heavy atom. The monoisotopic (exact) mass is 268 g/mol. The average Bonchev–Trinajstić information content (AvgIpc) is 2.34. The number of ether oxygens (including phenoxy) is 1. The van der Waals surface area contributed by atoms with Gasteiger partial charge in [0.15, 0.2) is 5.96 Å². The maximum Gasteiger partial charge on any atom is 0.232 e. The third-order valence-electron chi connectivity index (χ3n) is 1.89. The van der Waals surface area contributed by atoms with Crippen LogP contribution in [0.1, 0.15) is 6.92 Å². The van der Waals surface area contributed by atoms with Crippen molar-refractivity contribution in [2.45, 2.75) is 6.92 Å². The van der Waals surface area contributed by atoms with Crippen molar-refractivity contribution >= 4 is 17.6 Å². The molecule has 0 radical (unpaired) electrons. The summed E-state index contributed by atoms with van der Waals surface area (Å²) in [5.74, 6) is 0.784. The van der Waals surface area contributed by atoms with Gasteiger partial charge >= 0.3 is 0 Å². The standard InChI is InChI=1S/C12H17ClN4O/c1-9(2)8-17-12(14)16-6-7-18-11-10(13)4-3-5-15-11/h3-5H,1,6-8H2,2H3,(H3,14,16,17). The van der Waals surface area contributed by atoms with Crippen molar-refractivity contribution < 1.29 is 4.74 Å². The quantitative estimate of drug-likeness (QED) is 0.356. The molecule has 1 aromatic rings. The molecule has 0 aliphatic heterocycles. The van der Waals surface area contributed by atoms with Crippen molar-refractivity contribution in [3.05, 3.63) is 35.5 Å². The number of halogens is 1. The Balaban J connectivity index is 2.25. The summed E-state index contributed by atoms with van der Waals surface area (Å²) in [6.45, 7) is 7.08. The first kappa shape index (κ1) is 14.3. The van der Waals surface area contributed by atoms with E-state index in [1.54, 1.807) is 18.3 Å². The Morgan fingerprint density at radius 3 is 3.11 bits per heavy atom. The van der Waals surface area contributed by atoms with Crippen molar-refractivity contribution in [1.82, 2.24) is 10.3 Å². The van der Waals surface area contributed by atoms with Crippen LogP contribution < -0.4 is 15.8 Å². The van der Waals surface area contributed by atoms with Crippen LogP contribution in [0.2, 0.25) is 5.02 Å². The number of hydrogen-bond donors (Lipinski definition) is 2. The summed E-state index contributed by atoms with van der Waals surface area (Å²) in [5, 5.41) is 3.41. The van der Waals surface area contributed by atoms with Crippen LogP contribution in [0.3, 0.4) is 0 Å². The fraction of sp³-hybridized carbons (Fsp3) is 0.333. The van der Waals surface area contributed by atoms with Gasteiger partial charge in [0.05, 0.1) is 13.1 Å². The number of pyridine rings is 1. The molecule has 3 N–H and O–H groups in total. The number of guanidine groups is 1. The normalized spacial score (nSPS) is 11.1. The zero-order valence-electron chi connectivity index (χ0n) is 10.3. The number of aromatic nitrogens is 1. The number of nitrogens with one attached hydrogen (secondary N) is 1. The lowest BCUT2D eigenvalue weighted by atomic mass is 10.4. The zero-order chi connectivity index (χ0) is 13.4. The van der Waals surface area contributed by atoms with E-state index in [-0.39, 0.29) is 0 Å². The molecule has 0 fully saturated rings. The van der Waals surface area contributed by atoms with Crippen LogP contribution in [-0.4, -0.2) is 30.6 Å². The molecule has 0 aliphatic carbocycles. The van der Waals surface area contributed by atoms with Crippen LogP contribution in [0.5, 0.6) is 5.88 Å². The lowest BCUT2D eigenvalue weighted by molar-refractivity contribution is 0.310. The van der Waals surface area contributed by atoms with Gasteiger partial charge in [-0.2, -0.15) is 0 Å². The van der Waals surface area contributed by atoms with Crippen molar-refractivity contribution in [1.29, 1.82) is 0 Å². The Kier molecular flexibility index (Phi) is 6.00. The van der Waals surface area contributed by atoms with Gasteiger partial charge in [0, 0.05) is 6.20 Å². The van der Waals surface area contributed by atoms with Crippen LogP contribution >= 0.6 is 11.6 Å². The molecule has 0 aromatic carbocycles. The van der Waals surface area contributed by atoms with E-state index >= 15 is 0 Å². The summed E-state index contributed by atoms with van der Waals surface area (Å²) in [4.78, 5) is 8.07. The fourth-order valence-corrected chi connectivity index (χ4v) is 1.26. The molecule has 0 amide bonds. The summed E-state index contributed by atoms with van der Waals surface area (Å²) in [6, 6.07) is 3.47. The Hall–Kier alpha value is -1.75. The molecule has 98 valence electrons. The van der Waals surface area contributed by atoms with E-state index in [2.05, 4.69) is 21.9 Å². The highest BCUT2D eigenvalue weighted by Gasteiger charge is 2.00. The van der Waals surface area contributed by atoms with Gasteiger partial charge in [-0.05, 0) is 19.1 Å². The number of nitrogens with zero attached hydrogens (tertiary/aromatic N) is 2. The van der Waals surface area contributed by atoms with E-state index in [1.165, 1.54) is 0 Å². The van der Waals surface area contributed by atoms with Crippen molar-refractivity contribution in [3.63, 3.8) is 0 Å². The van der Waals surface area contributed by atoms with Gasteiger partial charge < -0.3 is 15.8 Å². The van der Waals surface area contributed by atoms with Crippen molar-refractivity contribution in [2.75, 3.05) is 19.7 Å². The summed E-state index contributed by atoms with van der Waals surface area (Å²) in [6.07, 6.45) is 1.62. The Morgan fingerprint density at radius 1 is 1.67 bits per heavy atom. The van der Waals surface area contributed by atoms with E-state index in [0.717, 1.165) is 5.57 Å². The first-order valence-electron chi connectivity index (χ1n) is 5.51. The minimum Gasteiger partial charge on any atom is -0.475 e. The molecule has 0 bridgehead atoms. The molecular formula is C12H17ClN4O. The average molecular weight is 269 g/mol. The largest absolute Gasteiger partial charge is 0.475 e. The molecule has 1 aromatic heterocycles. The zero-order valence-corrected chi connectivity index (χ0v) is 11.1. The lowest BCUT2D eigenvalue weighted by Crippen LogP contribution is -2.35. The Bertz CT molecular complexity index is 434. The number of hydrogen-bond acceptors (Lipinski definition) is 3. The minimum absolute atomic E-state index is 0.369. The molecule has 1 heterocycles. The van der Waals surface area contributed by atoms with Crippen molar-refractivity contribution in [2.24, 2.45) is 10.7 Å². The molecule has 0 atom stereocenters. The lowest BCUT2D eigenvalue weighted by Gasteiger charge is -2.08. The highest BCUT2D eigenvalue weighted by Crippen LogP contribution is 2.19. The second kappa shape index (κ2) is 7.55. The maximum absolute atomic E-state index is 5.88. The molecule has 0 saturated heterocycles. The van der Waals surface area contributed by atoms with E-state index in [0.29, 0.717) is 36.6 Å². The van der Waals surface area contributed by atoms with Crippen LogP contribution in [-0.2, 0) is 0 Å². The molecule has 0 saturated carbocycles. The topological polar surface area (TPSA) is 72.5 Å². The summed E-state index contributed by atoms with van der Waals surface area (Å²) < 4.78 is 5.38. The summed E-state index contributed by atoms with van der Waals surface area (Å²) >= 11 is 5.88. The number of aliphatic imine (C=N–C) groups is 1. The SMILES string of the molecule is C=C(C)CN=C(N)NCCOc1ncccc1Cl. The number of rotatable bonds is 6. The third-order valence-corrected chi connectivity index (χ3v) is 2.18. The molecule has 0 aliphatic rings. The molecular weight excluding hydrogens is 252 g/mol. The van der Waals surface area contributed by atoms with Gasteiger partial charge in [-0.25, -0.2) is 9.98 Å². The van der Waals surface area contributed by atoms with E-state index in [1.807, 2.05) is 6.92 Å². The summed E-state index contributed by atoms with van der Waals surface area (Å²) in [5.41, 5.74) is 6.59. The van der Waals surface area contributed by atoms with Crippen LogP contribution in [0.4, 0.5) is 0 Å². The second-order valence-electron chi connectivity index (χ2n) is 3.72. The van der Waals surface area contributed by atoms with E-state index in [9.17, 15) is 0 Å². The third kappa shape index (κ3) is 5.54. The second-order valence-corrected chi connectivity index (χ2v) is 4.13. The van der Waals surface area contributed by atoms with Gasteiger partial charge in [-0.3, -0.25) is 0 Å². The first-order valence-corrected chi connectivity index (χ1v) is 5.89. The minimum atomic E-state index is 0.369. The van der Waals surface area contributed by atoms with E-state index in [4.69, 9.17) is 22.1 Å². The molecule has 6 heteroatoms. The fourth-order valence-electron chi connectivity index (χ4n) is 1.08. The molecule has 0 unspecified atom stereocenters. The smallest absolute Gasteiger partial charge is 0.232 e. The predicted octanol–water partition coefficient (Wildman–Crippen LogP) is 1.59. The summed E-state index contributed by atoms with van der Waals surface area (Å²) in [7, 11) is 0. The number of nitrogens with two attached hydrogens (primary N) is 1. The highest BCUT2D eigenvalue weighted by molar-refractivity contribution is 6.31. The van der Waals surface area contributed by atoms with Gasteiger partial charge in [0.25, 0.3) is 0 Å². The van der Waals surface area contributed by atoms with Gasteiger partial charge in [0.2, 0.25) is 5.88 Å². The molecule has 0 spiro atoms. The van der Waals surface area contributed by atoms with Crippen LogP contribution in [0.25, 0.3) is 0 Å². The molecule has 18 heavy (non-hydrogen) atoms.